The number of nitrogens with one attached hydrogen (secondary N) is 2. The number of rotatable bonds is 6. The third-order valence-corrected chi connectivity index (χ3v) is 4.00. The van der Waals surface area contributed by atoms with Crippen LogP contribution in [0.2, 0.25) is 0 Å². The number of benzene rings is 1. The van der Waals surface area contributed by atoms with E-state index in [4.69, 9.17) is 0 Å². The van der Waals surface area contributed by atoms with Crippen LogP contribution in [0.3, 0.4) is 0 Å². The molecule has 1 aromatic carbocycles. The second-order valence-electron chi connectivity index (χ2n) is 4.81. The van der Waals surface area contributed by atoms with Crippen molar-refractivity contribution in [2.45, 2.75) is 20.4 Å². The van der Waals surface area contributed by atoms with E-state index in [0.717, 1.165) is 18.7 Å². The Labute approximate surface area is 124 Å². The van der Waals surface area contributed by atoms with Crippen molar-refractivity contribution in [1.29, 1.82) is 0 Å². The van der Waals surface area contributed by atoms with Crippen molar-refractivity contribution >= 4 is 17.2 Å². The van der Waals surface area contributed by atoms with Gasteiger partial charge in [-0.25, -0.2) is 0 Å². The number of carbonyl (C=O) groups excluding carboxylic acids is 1. The van der Waals surface area contributed by atoms with Gasteiger partial charge in [0.1, 0.15) is 0 Å². The number of hydrogen-bond donors (Lipinski definition) is 2. The Bertz CT molecular complexity index is 560. The first-order valence-electron chi connectivity index (χ1n) is 6.76. The summed E-state index contributed by atoms with van der Waals surface area (Å²) in [7, 11) is 0. The van der Waals surface area contributed by atoms with Gasteiger partial charge in [-0.3, -0.25) is 4.79 Å². The molecule has 0 aliphatic heterocycles. The second-order valence-corrected chi connectivity index (χ2v) is 6.18. The second kappa shape index (κ2) is 7.22. The molecule has 1 aromatic heterocycles. The van der Waals surface area contributed by atoms with Crippen LogP contribution < -0.4 is 10.6 Å². The molecular weight excluding hydrogens is 268 g/mol. The summed E-state index contributed by atoms with van der Waals surface area (Å²) in [5.74, 6) is -0.0150. The van der Waals surface area contributed by atoms with Crippen LogP contribution in [0.5, 0.6) is 0 Å². The van der Waals surface area contributed by atoms with Crippen molar-refractivity contribution in [3.63, 3.8) is 0 Å². The largest absolute Gasteiger partial charge is 0.351 e. The third kappa shape index (κ3) is 4.47. The predicted octanol–water partition coefficient (Wildman–Crippen LogP) is 2.88. The number of amides is 1. The summed E-state index contributed by atoms with van der Waals surface area (Å²) in [6, 6.07) is 11.9. The minimum Gasteiger partial charge on any atom is -0.351 e. The first-order valence-corrected chi connectivity index (χ1v) is 7.58. The summed E-state index contributed by atoms with van der Waals surface area (Å²) < 4.78 is 0. The number of aryl methyl sites for hydroxylation is 2. The van der Waals surface area contributed by atoms with Crippen molar-refractivity contribution < 1.29 is 4.79 Å². The lowest BCUT2D eigenvalue weighted by molar-refractivity contribution is 0.0954. The monoisotopic (exact) mass is 288 g/mol. The molecule has 2 N–H and O–H groups in total. The summed E-state index contributed by atoms with van der Waals surface area (Å²) in [6.45, 7) is 6.39. The van der Waals surface area contributed by atoms with Crippen LogP contribution >= 0.6 is 11.3 Å². The van der Waals surface area contributed by atoms with Crippen molar-refractivity contribution in [3.8, 4) is 0 Å². The first kappa shape index (κ1) is 14.8. The summed E-state index contributed by atoms with van der Waals surface area (Å²) >= 11 is 1.80. The Morgan fingerprint density at radius 3 is 2.45 bits per heavy atom. The summed E-state index contributed by atoms with van der Waals surface area (Å²) in [5, 5.41) is 6.24. The highest BCUT2D eigenvalue weighted by atomic mass is 32.1. The lowest BCUT2D eigenvalue weighted by Crippen LogP contribution is -2.31. The van der Waals surface area contributed by atoms with Crippen molar-refractivity contribution in [2.24, 2.45) is 0 Å². The van der Waals surface area contributed by atoms with Gasteiger partial charge in [-0.2, -0.15) is 0 Å². The van der Waals surface area contributed by atoms with Gasteiger partial charge >= 0.3 is 0 Å². The lowest BCUT2D eigenvalue weighted by Gasteiger charge is -2.06. The van der Waals surface area contributed by atoms with E-state index in [2.05, 4.69) is 29.7 Å². The first-order chi connectivity index (χ1) is 9.65. The number of hydrogen-bond acceptors (Lipinski definition) is 3. The maximum absolute atomic E-state index is 11.9. The van der Waals surface area contributed by atoms with Gasteiger partial charge in [-0.05, 0) is 38.1 Å². The Morgan fingerprint density at radius 2 is 1.80 bits per heavy atom. The smallest absolute Gasteiger partial charge is 0.251 e. The average molecular weight is 288 g/mol. The number of carbonyl (C=O) groups is 1. The van der Waals surface area contributed by atoms with Crippen LogP contribution in [0.4, 0.5) is 0 Å². The normalized spacial score (nSPS) is 10.5. The highest BCUT2D eigenvalue weighted by molar-refractivity contribution is 7.11. The zero-order chi connectivity index (χ0) is 14.4. The Kier molecular flexibility index (Phi) is 5.32. The van der Waals surface area contributed by atoms with Gasteiger partial charge in [0.05, 0.1) is 0 Å². The van der Waals surface area contributed by atoms with Crippen LogP contribution in [0.15, 0.2) is 36.4 Å². The molecule has 1 heterocycles. The van der Waals surface area contributed by atoms with Gasteiger partial charge < -0.3 is 10.6 Å². The molecule has 4 heteroatoms. The third-order valence-electron chi connectivity index (χ3n) is 3.00. The quantitative estimate of drug-likeness (QED) is 0.803. The Hall–Kier alpha value is -1.65. The van der Waals surface area contributed by atoms with E-state index in [1.165, 1.54) is 9.75 Å². The molecule has 0 radical (unpaired) electrons. The lowest BCUT2D eigenvalue weighted by atomic mass is 10.1. The van der Waals surface area contributed by atoms with Crippen molar-refractivity contribution in [2.75, 3.05) is 13.1 Å². The Balaban J connectivity index is 1.65. The van der Waals surface area contributed by atoms with Gasteiger partial charge in [-0.1, -0.05) is 17.7 Å². The molecule has 2 aromatic rings. The van der Waals surface area contributed by atoms with E-state index in [0.29, 0.717) is 12.1 Å². The summed E-state index contributed by atoms with van der Waals surface area (Å²) in [6.07, 6.45) is 0. The van der Waals surface area contributed by atoms with Gasteiger partial charge in [0.25, 0.3) is 5.91 Å². The molecule has 3 nitrogen and oxygen atoms in total. The minimum absolute atomic E-state index is 0.0150. The maximum atomic E-state index is 11.9. The van der Waals surface area contributed by atoms with Gasteiger partial charge in [0.15, 0.2) is 0 Å². The van der Waals surface area contributed by atoms with Gasteiger partial charge in [-0.15, -0.1) is 11.3 Å². The summed E-state index contributed by atoms with van der Waals surface area (Å²) in [5.41, 5.74) is 1.87. The Morgan fingerprint density at radius 1 is 1.05 bits per heavy atom. The van der Waals surface area contributed by atoms with E-state index in [1.54, 1.807) is 11.3 Å². The zero-order valence-electron chi connectivity index (χ0n) is 11.9. The fourth-order valence-corrected chi connectivity index (χ4v) is 2.72. The van der Waals surface area contributed by atoms with Crippen molar-refractivity contribution in [3.05, 3.63) is 57.3 Å². The summed E-state index contributed by atoms with van der Waals surface area (Å²) in [4.78, 5) is 14.5. The average Bonchev–Trinajstić information content (AvgIpc) is 2.84. The molecule has 1 amide bonds. The van der Waals surface area contributed by atoms with E-state index in [1.807, 2.05) is 31.2 Å². The van der Waals surface area contributed by atoms with Crippen molar-refractivity contribution in [1.82, 2.24) is 10.6 Å². The molecule has 0 aliphatic rings. The molecule has 2 rings (SSSR count). The zero-order valence-corrected chi connectivity index (χ0v) is 12.7. The van der Waals surface area contributed by atoms with E-state index in [9.17, 15) is 4.79 Å². The highest BCUT2D eigenvalue weighted by Gasteiger charge is 2.03. The molecular formula is C16H20N2OS. The standard InChI is InChI=1S/C16H20N2OS/c1-12-3-6-14(7-4-12)16(19)18-10-9-17-11-15-8-5-13(2)20-15/h3-8,17H,9-11H2,1-2H3,(H,18,19). The fourth-order valence-electron chi connectivity index (χ4n) is 1.86. The predicted molar refractivity (Wildman–Crippen MR) is 84.3 cm³/mol. The van der Waals surface area contributed by atoms with Crippen LogP contribution in [0.25, 0.3) is 0 Å². The topological polar surface area (TPSA) is 41.1 Å². The molecule has 0 spiro atoms. The molecule has 0 unspecified atom stereocenters. The van der Waals surface area contributed by atoms with Crippen LogP contribution in [0.1, 0.15) is 25.7 Å². The van der Waals surface area contributed by atoms with Crippen LogP contribution in [-0.4, -0.2) is 19.0 Å². The van der Waals surface area contributed by atoms with E-state index in [-0.39, 0.29) is 5.91 Å². The SMILES string of the molecule is Cc1ccc(C(=O)NCCNCc2ccc(C)s2)cc1. The van der Waals surface area contributed by atoms with E-state index >= 15 is 0 Å². The molecule has 106 valence electrons. The molecule has 0 saturated heterocycles. The molecule has 0 atom stereocenters. The maximum Gasteiger partial charge on any atom is 0.251 e. The molecule has 0 saturated carbocycles. The van der Waals surface area contributed by atoms with E-state index < -0.39 is 0 Å². The number of thiophene rings is 1. The minimum atomic E-state index is -0.0150. The molecule has 0 fully saturated rings. The molecule has 20 heavy (non-hydrogen) atoms. The van der Waals surface area contributed by atoms with Crippen LogP contribution in [0, 0.1) is 13.8 Å². The molecule has 0 bridgehead atoms. The highest BCUT2D eigenvalue weighted by Crippen LogP contribution is 2.14. The van der Waals surface area contributed by atoms with Crippen LogP contribution in [-0.2, 0) is 6.54 Å². The van der Waals surface area contributed by atoms with Gasteiger partial charge in [0.2, 0.25) is 0 Å². The van der Waals surface area contributed by atoms with Gasteiger partial charge in [0, 0.05) is 35.0 Å². The molecule has 0 aliphatic carbocycles. The fraction of sp³-hybridized carbons (Fsp3) is 0.312.